The van der Waals surface area contributed by atoms with Gasteiger partial charge in [0, 0.05) is 12.2 Å². The summed E-state index contributed by atoms with van der Waals surface area (Å²) >= 11 is 0. The minimum Gasteiger partial charge on any atom is -0.309 e. The van der Waals surface area contributed by atoms with Crippen molar-refractivity contribution in [3.8, 4) is 0 Å². The van der Waals surface area contributed by atoms with Crippen LogP contribution in [0, 0.1) is 0 Å². The molecule has 0 aliphatic heterocycles. The van der Waals surface area contributed by atoms with Gasteiger partial charge in [0.15, 0.2) is 0 Å². The quantitative estimate of drug-likeness (QED) is 0.835. The van der Waals surface area contributed by atoms with Gasteiger partial charge in [-0.3, -0.25) is 4.98 Å². The minimum absolute atomic E-state index is 0.454. The van der Waals surface area contributed by atoms with E-state index in [1.165, 1.54) is 42.5 Å². The van der Waals surface area contributed by atoms with Gasteiger partial charge in [-0.2, -0.15) is 0 Å². The first-order valence-electron chi connectivity index (χ1n) is 7.64. The van der Waals surface area contributed by atoms with Gasteiger partial charge in [0.2, 0.25) is 0 Å². The smallest absolute Gasteiger partial charge is 0.0605 e. The van der Waals surface area contributed by atoms with E-state index >= 15 is 0 Å². The van der Waals surface area contributed by atoms with Crippen LogP contribution in [0.2, 0.25) is 0 Å². The second-order valence-electron chi connectivity index (χ2n) is 5.54. The van der Waals surface area contributed by atoms with Crippen LogP contribution in [0.4, 0.5) is 0 Å². The molecule has 1 aromatic carbocycles. The molecule has 104 valence electrons. The van der Waals surface area contributed by atoms with E-state index in [9.17, 15) is 0 Å². The fourth-order valence-electron chi connectivity index (χ4n) is 3.02. The normalized spacial score (nSPS) is 17.7. The van der Waals surface area contributed by atoms with Gasteiger partial charge in [0.25, 0.3) is 0 Å². The molecule has 0 spiro atoms. The first-order chi connectivity index (χ1) is 9.93. The van der Waals surface area contributed by atoms with Crippen LogP contribution in [0.1, 0.15) is 42.1 Å². The number of hydrogen-bond donors (Lipinski definition) is 1. The predicted molar refractivity (Wildman–Crippen MR) is 82.7 cm³/mol. The Morgan fingerprint density at radius 2 is 2.00 bits per heavy atom. The number of aromatic nitrogens is 1. The van der Waals surface area contributed by atoms with Crippen LogP contribution >= 0.6 is 0 Å². The van der Waals surface area contributed by atoms with Gasteiger partial charge in [-0.15, -0.1) is 0 Å². The lowest BCUT2D eigenvalue weighted by atomic mass is 9.92. The van der Waals surface area contributed by atoms with Crippen molar-refractivity contribution in [2.24, 2.45) is 0 Å². The maximum Gasteiger partial charge on any atom is 0.0605 e. The Morgan fingerprint density at radius 3 is 2.90 bits per heavy atom. The highest BCUT2D eigenvalue weighted by Gasteiger charge is 2.20. The van der Waals surface area contributed by atoms with Crippen molar-refractivity contribution in [1.82, 2.24) is 10.3 Å². The molecular weight excluding hydrogens is 244 g/mol. The van der Waals surface area contributed by atoms with E-state index in [2.05, 4.69) is 52.8 Å². The highest BCUT2D eigenvalue weighted by molar-refractivity contribution is 5.25. The number of benzene rings is 1. The van der Waals surface area contributed by atoms with Crippen molar-refractivity contribution in [2.75, 3.05) is 6.54 Å². The lowest BCUT2D eigenvalue weighted by Gasteiger charge is -2.25. The van der Waals surface area contributed by atoms with E-state index in [1.54, 1.807) is 0 Å². The van der Waals surface area contributed by atoms with Crippen molar-refractivity contribution in [1.29, 1.82) is 0 Å². The molecule has 0 radical (unpaired) electrons. The summed E-state index contributed by atoms with van der Waals surface area (Å²) in [6, 6.07) is 15.4. The zero-order valence-corrected chi connectivity index (χ0v) is 11.9. The summed E-state index contributed by atoms with van der Waals surface area (Å²) in [5.41, 5.74) is 4.13. The van der Waals surface area contributed by atoms with Crippen molar-refractivity contribution in [3.63, 3.8) is 0 Å². The van der Waals surface area contributed by atoms with E-state index in [4.69, 9.17) is 0 Å². The Hall–Kier alpha value is -1.67. The summed E-state index contributed by atoms with van der Waals surface area (Å²) in [5.74, 6) is 0. The topological polar surface area (TPSA) is 24.9 Å². The molecule has 20 heavy (non-hydrogen) atoms. The van der Waals surface area contributed by atoms with E-state index in [0.29, 0.717) is 6.04 Å². The molecule has 3 rings (SSSR count). The third-order valence-electron chi connectivity index (χ3n) is 4.07. The molecule has 0 amide bonds. The minimum atomic E-state index is 0.454. The van der Waals surface area contributed by atoms with Crippen LogP contribution < -0.4 is 5.32 Å². The molecule has 1 atom stereocenters. The molecule has 0 saturated heterocycles. The molecule has 2 aromatic rings. The largest absolute Gasteiger partial charge is 0.309 e. The second-order valence-corrected chi connectivity index (χ2v) is 5.54. The van der Waals surface area contributed by atoms with Gasteiger partial charge >= 0.3 is 0 Å². The maximum atomic E-state index is 4.58. The van der Waals surface area contributed by atoms with Crippen molar-refractivity contribution in [2.45, 2.75) is 38.1 Å². The third kappa shape index (κ3) is 3.26. The summed E-state index contributed by atoms with van der Waals surface area (Å²) in [4.78, 5) is 4.58. The summed E-state index contributed by atoms with van der Waals surface area (Å²) in [6.07, 6.45) is 7.93. The van der Waals surface area contributed by atoms with Crippen molar-refractivity contribution in [3.05, 3.63) is 65.5 Å². The Morgan fingerprint density at radius 1 is 1.10 bits per heavy atom. The van der Waals surface area contributed by atoms with Gasteiger partial charge in [-0.25, -0.2) is 0 Å². The van der Waals surface area contributed by atoms with Crippen LogP contribution in [0.3, 0.4) is 0 Å². The second kappa shape index (κ2) is 6.67. The van der Waals surface area contributed by atoms with Crippen LogP contribution in [-0.2, 0) is 12.8 Å². The number of aryl methyl sites for hydroxylation is 2. The number of fused-ring (bicyclic) bond motifs is 1. The molecule has 1 aromatic heterocycles. The molecule has 1 unspecified atom stereocenters. The Kier molecular flexibility index (Phi) is 4.44. The summed E-state index contributed by atoms with van der Waals surface area (Å²) in [6.45, 7) is 1.07. The molecule has 1 heterocycles. The summed E-state index contributed by atoms with van der Waals surface area (Å²) < 4.78 is 0. The number of hydrogen-bond acceptors (Lipinski definition) is 2. The Balaban J connectivity index is 1.50. The summed E-state index contributed by atoms with van der Waals surface area (Å²) in [5, 5.41) is 3.69. The molecule has 1 aliphatic rings. The van der Waals surface area contributed by atoms with Crippen LogP contribution in [0.15, 0.2) is 48.7 Å². The first kappa shape index (κ1) is 13.3. The van der Waals surface area contributed by atoms with E-state index in [1.807, 2.05) is 6.20 Å². The van der Waals surface area contributed by atoms with E-state index in [-0.39, 0.29) is 0 Å². The highest BCUT2D eigenvalue weighted by Crippen LogP contribution is 2.27. The van der Waals surface area contributed by atoms with Gasteiger partial charge in [-0.1, -0.05) is 36.4 Å². The fraction of sp³-hybridized carbons (Fsp3) is 0.389. The summed E-state index contributed by atoms with van der Waals surface area (Å²) in [7, 11) is 0. The number of nitrogens with one attached hydrogen (secondary N) is 1. The number of pyridine rings is 1. The van der Waals surface area contributed by atoms with E-state index in [0.717, 1.165) is 13.0 Å². The Bertz CT molecular complexity index is 536. The van der Waals surface area contributed by atoms with Gasteiger partial charge in [-0.05, 0) is 55.8 Å². The molecule has 0 bridgehead atoms. The third-order valence-corrected chi connectivity index (χ3v) is 4.07. The molecule has 0 saturated carbocycles. The fourth-order valence-corrected chi connectivity index (χ4v) is 3.02. The standard InChI is InChI=1S/C18H22N2/c1-2-7-15(8-3-1)9-5-13-19-17-12-4-10-16-11-6-14-20-18(16)17/h1-3,6-8,11,14,17,19H,4-5,9-10,12-13H2. The predicted octanol–water partition coefficient (Wildman–Crippen LogP) is 3.68. The molecule has 2 nitrogen and oxygen atoms in total. The lowest BCUT2D eigenvalue weighted by Crippen LogP contribution is -2.27. The van der Waals surface area contributed by atoms with Gasteiger partial charge in [0.1, 0.15) is 0 Å². The average molecular weight is 266 g/mol. The van der Waals surface area contributed by atoms with Crippen molar-refractivity contribution < 1.29 is 0 Å². The van der Waals surface area contributed by atoms with Crippen molar-refractivity contribution >= 4 is 0 Å². The van der Waals surface area contributed by atoms with E-state index < -0.39 is 0 Å². The van der Waals surface area contributed by atoms with Crippen LogP contribution in [-0.4, -0.2) is 11.5 Å². The highest BCUT2D eigenvalue weighted by atomic mass is 14.9. The first-order valence-corrected chi connectivity index (χ1v) is 7.64. The SMILES string of the molecule is c1ccc(CCCNC2CCCc3cccnc32)cc1. The van der Waals surface area contributed by atoms with Crippen LogP contribution in [0.25, 0.3) is 0 Å². The molecule has 0 fully saturated rings. The molecule has 1 aliphatic carbocycles. The molecule has 1 N–H and O–H groups in total. The zero-order valence-electron chi connectivity index (χ0n) is 11.9. The lowest BCUT2D eigenvalue weighted by molar-refractivity contribution is 0.445. The zero-order chi connectivity index (χ0) is 13.6. The average Bonchev–Trinajstić information content (AvgIpc) is 2.53. The van der Waals surface area contributed by atoms with Gasteiger partial charge in [0.05, 0.1) is 5.69 Å². The monoisotopic (exact) mass is 266 g/mol. The Labute approximate surface area is 121 Å². The number of nitrogens with zero attached hydrogens (tertiary/aromatic N) is 1. The maximum absolute atomic E-state index is 4.58. The van der Waals surface area contributed by atoms with Gasteiger partial charge < -0.3 is 5.32 Å². The molecular formula is C18H22N2. The molecule has 2 heteroatoms. The van der Waals surface area contributed by atoms with Crippen LogP contribution in [0.5, 0.6) is 0 Å². The number of rotatable bonds is 5.